The predicted octanol–water partition coefficient (Wildman–Crippen LogP) is 4.51. The molecule has 4 unspecified atom stereocenters. The Morgan fingerprint density at radius 1 is 1.33 bits per heavy atom. The molecule has 2 bridgehead atoms. The Labute approximate surface area is 130 Å². The van der Waals surface area contributed by atoms with E-state index in [9.17, 15) is 0 Å². The van der Waals surface area contributed by atoms with Crippen molar-refractivity contribution < 1.29 is 4.74 Å². The van der Waals surface area contributed by atoms with Crippen LogP contribution in [-0.2, 0) is 4.74 Å². The van der Waals surface area contributed by atoms with Gasteiger partial charge in [-0.05, 0) is 54.6 Å². The molecule has 1 N–H and O–H groups in total. The van der Waals surface area contributed by atoms with Gasteiger partial charge in [0.05, 0.1) is 12.2 Å². The number of fused-ring (bicyclic) bond motifs is 3. The van der Waals surface area contributed by atoms with Gasteiger partial charge in [0.25, 0.3) is 0 Å². The second kappa shape index (κ2) is 5.71. The molecule has 3 heteroatoms. The fraction of sp³-hybridized carbons (Fsp3) is 0.556. The quantitative estimate of drug-likeness (QED) is 0.877. The molecule has 21 heavy (non-hydrogen) atoms. The van der Waals surface area contributed by atoms with Crippen molar-refractivity contribution >= 4 is 21.4 Å². The SMILES string of the molecule is CCCNC(c1cccc2ccsc12)C1CC2CCC1O2. The number of rotatable bonds is 5. The molecule has 0 saturated carbocycles. The molecule has 2 nitrogen and oxygen atoms in total. The second-order valence-corrected chi connectivity index (χ2v) is 7.31. The second-order valence-electron chi connectivity index (χ2n) is 6.39. The highest BCUT2D eigenvalue weighted by molar-refractivity contribution is 7.17. The highest BCUT2D eigenvalue weighted by atomic mass is 32.1. The molecule has 0 amide bonds. The summed E-state index contributed by atoms with van der Waals surface area (Å²) in [6.45, 7) is 3.33. The summed E-state index contributed by atoms with van der Waals surface area (Å²) < 4.78 is 7.58. The Morgan fingerprint density at radius 3 is 3.05 bits per heavy atom. The molecular formula is C18H23NOS. The first-order valence-corrected chi connectivity index (χ1v) is 9.09. The van der Waals surface area contributed by atoms with Crippen molar-refractivity contribution in [2.75, 3.05) is 6.54 Å². The lowest BCUT2D eigenvalue weighted by Gasteiger charge is -2.30. The summed E-state index contributed by atoms with van der Waals surface area (Å²) in [4.78, 5) is 0. The molecule has 1 aromatic carbocycles. The first kappa shape index (κ1) is 13.7. The Balaban J connectivity index is 1.70. The maximum absolute atomic E-state index is 6.12. The maximum atomic E-state index is 6.12. The van der Waals surface area contributed by atoms with Crippen molar-refractivity contribution in [2.45, 2.75) is 50.9 Å². The van der Waals surface area contributed by atoms with Gasteiger partial charge in [0.1, 0.15) is 0 Å². The third-order valence-electron chi connectivity index (χ3n) is 5.04. The standard InChI is InChI=1S/C18H23NOS/c1-2-9-19-17(15-11-13-6-7-16(15)20-13)14-5-3-4-12-8-10-21-18(12)14/h3-5,8,10,13,15-17,19H,2,6-7,9,11H2,1H3. The van der Waals surface area contributed by atoms with Crippen molar-refractivity contribution in [3.05, 3.63) is 35.2 Å². The van der Waals surface area contributed by atoms with Crippen molar-refractivity contribution in [2.24, 2.45) is 5.92 Å². The number of nitrogens with one attached hydrogen (secondary N) is 1. The van der Waals surface area contributed by atoms with E-state index in [0.29, 0.717) is 24.2 Å². The highest BCUT2D eigenvalue weighted by Gasteiger charge is 2.44. The van der Waals surface area contributed by atoms with Crippen LogP contribution in [0.5, 0.6) is 0 Å². The first-order valence-electron chi connectivity index (χ1n) is 8.21. The van der Waals surface area contributed by atoms with Crippen LogP contribution < -0.4 is 5.32 Å². The summed E-state index contributed by atoms with van der Waals surface area (Å²) in [6.07, 6.45) is 5.92. The molecule has 2 aliphatic heterocycles. The third-order valence-corrected chi connectivity index (χ3v) is 6.02. The molecule has 0 radical (unpaired) electrons. The molecule has 4 rings (SSSR count). The van der Waals surface area contributed by atoms with E-state index in [1.807, 2.05) is 11.3 Å². The van der Waals surface area contributed by atoms with E-state index in [-0.39, 0.29) is 0 Å². The van der Waals surface area contributed by atoms with Gasteiger partial charge in [-0.1, -0.05) is 25.1 Å². The van der Waals surface area contributed by atoms with Crippen LogP contribution >= 0.6 is 11.3 Å². The van der Waals surface area contributed by atoms with E-state index < -0.39 is 0 Å². The van der Waals surface area contributed by atoms with Crippen molar-refractivity contribution in [3.63, 3.8) is 0 Å². The van der Waals surface area contributed by atoms with E-state index in [0.717, 1.165) is 6.54 Å². The van der Waals surface area contributed by atoms with Gasteiger partial charge in [0.15, 0.2) is 0 Å². The first-order chi connectivity index (χ1) is 10.4. The summed E-state index contributed by atoms with van der Waals surface area (Å²) in [5.74, 6) is 0.642. The number of thiophene rings is 1. The minimum absolute atomic E-state index is 0.447. The number of hydrogen-bond donors (Lipinski definition) is 1. The number of hydrogen-bond acceptors (Lipinski definition) is 3. The van der Waals surface area contributed by atoms with E-state index in [1.165, 1.54) is 41.3 Å². The van der Waals surface area contributed by atoms with Gasteiger partial charge in [-0.3, -0.25) is 0 Å². The van der Waals surface area contributed by atoms with Crippen LogP contribution in [0.4, 0.5) is 0 Å². The summed E-state index contributed by atoms with van der Waals surface area (Å²) in [5, 5.41) is 7.41. The van der Waals surface area contributed by atoms with Gasteiger partial charge in [0, 0.05) is 16.7 Å². The van der Waals surface area contributed by atoms with Crippen LogP contribution in [0.25, 0.3) is 10.1 Å². The lowest BCUT2D eigenvalue weighted by Crippen LogP contribution is -2.34. The van der Waals surface area contributed by atoms with E-state index in [4.69, 9.17) is 4.74 Å². The summed E-state index contributed by atoms with van der Waals surface area (Å²) >= 11 is 1.87. The Morgan fingerprint density at radius 2 is 2.29 bits per heavy atom. The average Bonchev–Trinajstić information content (AvgIpc) is 3.23. The minimum atomic E-state index is 0.447. The van der Waals surface area contributed by atoms with Gasteiger partial charge in [-0.2, -0.15) is 0 Å². The van der Waals surface area contributed by atoms with Gasteiger partial charge < -0.3 is 10.1 Å². The average molecular weight is 301 g/mol. The molecule has 2 saturated heterocycles. The zero-order chi connectivity index (χ0) is 14.2. The fourth-order valence-electron chi connectivity index (χ4n) is 4.08. The number of benzene rings is 1. The number of ether oxygens (including phenoxy) is 1. The van der Waals surface area contributed by atoms with E-state index in [1.54, 1.807) is 0 Å². The molecule has 3 heterocycles. The monoisotopic (exact) mass is 301 g/mol. The molecule has 1 aromatic heterocycles. The van der Waals surface area contributed by atoms with Gasteiger partial charge in [-0.15, -0.1) is 11.3 Å². The van der Waals surface area contributed by atoms with Crippen molar-refractivity contribution in [3.8, 4) is 0 Å². The van der Waals surface area contributed by atoms with Crippen LogP contribution in [0.15, 0.2) is 29.6 Å². The van der Waals surface area contributed by atoms with Crippen molar-refractivity contribution in [1.29, 1.82) is 0 Å². The van der Waals surface area contributed by atoms with Crippen LogP contribution in [0, 0.1) is 5.92 Å². The maximum Gasteiger partial charge on any atom is 0.0627 e. The Hall–Kier alpha value is -0.900. The van der Waals surface area contributed by atoms with Crippen LogP contribution in [-0.4, -0.2) is 18.8 Å². The molecule has 0 aliphatic carbocycles. The molecule has 2 aromatic rings. The third kappa shape index (κ3) is 2.41. The molecule has 4 atom stereocenters. The Bertz CT molecular complexity index is 622. The fourth-order valence-corrected chi connectivity index (χ4v) is 5.03. The van der Waals surface area contributed by atoms with Crippen LogP contribution in [0.2, 0.25) is 0 Å². The predicted molar refractivity (Wildman–Crippen MR) is 88.9 cm³/mol. The van der Waals surface area contributed by atoms with E-state index >= 15 is 0 Å². The molecule has 112 valence electrons. The van der Waals surface area contributed by atoms with Crippen LogP contribution in [0.3, 0.4) is 0 Å². The Kier molecular flexibility index (Phi) is 3.74. The topological polar surface area (TPSA) is 21.3 Å². The van der Waals surface area contributed by atoms with Gasteiger partial charge in [-0.25, -0.2) is 0 Å². The minimum Gasteiger partial charge on any atom is -0.375 e. The molecule has 2 fully saturated rings. The summed E-state index contributed by atoms with van der Waals surface area (Å²) in [7, 11) is 0. The zero-order valence-corrected chi connectivity index (χ0v) is 13.4. The highest BCUT2D eigenvalue weighted by Crippen LogP contribution is 2.46. The van der Waals surface area contributed by atoms with Gasteiger partial charge in [0.2, 0.25) is 0 Å². The molecule has 2 aliphatic rings. The smallest absolute Gasteiger partial charge is 0.0627 e. The normalized spacial score (nSPS) is 29.3. The van der Waals surface area contributed by atoms with E-state index in [2.05, 4.69) is 41.9 Å². The van der Waals surface area contributed by atoms with Crippen LogP contribution in [0.1, 0.15) is 44.2 Å². The lowest BCUT2D eigenvalue weighted by molar-refractivity contribution is 0.0858. The summed E-state index contributed by atoms with van der Waals surface area (Å²) in [5.41, 5.74) is 1.48. The largest absolute Gasteiger partial charge is 0.375 e. The van der Waals surface area contributed by atoms with Gasteiger partial charge >= 0.3 is 0 Å². The van der Waals surface area contributed by atoms with Crippen molar-refractivity contribution in [1.82, 2.24) is 5.32 Å². The molecular weight excluding hydrogens is 278 g/mol. The zero-order valence-electron chi connectivity index (χ0n) is 12.5. The summed E-state index contributed by atoms with van der Waals surface area (Å²) in [6, 6.07) is 9.43. The lowest BCUT2D eigenvalue weighted by atomic mass is 9.80. The molecule has 0 spiro atoms.